The molecule has 1 aliphatic heterocycles. The number of hydrogen-bond donors (Lipinski definition) is 0. The first-order valence-corrected chi connectivity index (χ1v) is 9.63. The van der Waals surface area contributed by atoms with Crippen molar-refractivity contribution in [1.29, 1.82) is 0 Å². The molecule has 2 aromatic carbocycles. The first-order valence-electron chi connectivity index (χ1n) is 9.63. The number of carbonyl (C=O) groups is 3. The van der Waals surface area contributed by atoms with Crippen LogP contribution < -0.4 is 0 Å². The molecule has 1 aliphatic rings. The number of ether oxygens (including phenoxy) is 4. The highest BCUT2D eigenvalue weighted by Crippen LogP contribution is 2.34. The van der Waals surface area contributed by atoms with E-state index in [4.69, 9.17) is 26.8 Å². The van der Waals surface area contributed by atoms with E-state index in [9.17, 15) is 14.4 Å². The molecule has 0 aliphatic carbocycles. The van der Waals surface area contributed by atoms with E-state index in [0.717, 1.165) is 0 Å². The largest absolute Gasteiger partial charge is 0.460 e. The molecule has 1 fully saturated rings. The summed E-state index contributed by atoms with van der Waals surface area (Å²) in [5.41, 5.74) is 0.690. The molecule has 4 atom stereocenters. The summed E-state index contributed by atoms with van der Waals surface area (Å²) in [5.74, 6) is -2.60. The zero-order valence-corrected chi connectivity index (χ0v) is 16.9. The molecule has 0 N–H and O–H groups in total. The van der Waals surface area contributed by atoms with Crippen molar-refractivity contribution >= 4 is 25.8 Å². The highest BCUT2D eigenvalue weighted by molar-refractivity contribution is 6.11. The Morgan fingerprint density at radius 1 is 0.968 bits per heavy atom. The van der Waals surface area contributed by atoms with E-state index in [1.54, 1.807) is 60.7 Å². The standard InChI is InChI=1S/C23H21BO7/c1-14(29-23(27)17-11-7-4-8-12-17)19-18(31-21(24)20(19)30-15(2)25)13-28-22(26)16-9-5-3-6-10-16/h3-12,18-21H,1,13H2,2H3/t18-,19-,20-,21-/m1/s1. The Hall–Kier alpha value is -3.39. The van der Waals surface area contributed by atoms with Crippen molar-refractivity contribution in [3.63, 3.8) is 0 Å². The Labute approximate surface area is 181 Å². The molecule has 0 saturated carbocycles. The van der Waals surface area contributed by atoms with Gasteiger partial charge < -0.3 is 18.9 Å². The third-order valence-corrected chi connectivity index (χ3v) is 4.71. The van der Waals surface area contributed by atoms with Crippen LogP contribution in [-0.2, 0) is 23.7 Å². The summed E-state index contributed by atoms with van der Waals surface area (Å²) in [6, 6.07) is 15.8. The number of carbonyl (C=O) groups excluding carboxylic acids is 3. The maximum Gasteiger partial charge on any atom is 0.343 e. The summed E-state index contributed by atoms with van der Waals surface area (Å²) in [4.78, 5) is 36.3. The van der Waals surface area contributed by atoms with Gasteiger partial charge in [0.25, 0.3) is 0 Å². The summed E-state index contributed by atoms with van der Waals surface area (Å²) >= 11 is 0. The Bertz CT molecular complexity index is 945. The van der Waals surface area contributed by atoms with E-state index >= 15 is 0 Å². The van der Waals surface area contributed by atoms with Crippen molar-refractivity contribution in [2.24, 2.45) is 5.92 Å². The maximum absolute atomic E-state index is 12.4. The van der Waals surface area contributed by atoms with Crippen molar-refractivity contribution < 1.29 is 33.3 Å². The summed E-state index contributed by atoms with van der Waals surface area (Å²) in [7, 11) is 5.98. The molecule has 8 heteroatoms. The van der Waals surface area contributed by atoms with Crippen LogP contribution in [0.2, 0.25) is 0 Å². The monoisotopic (exact) mass is 420 g/mol. The fraction of sp³-hybridized carbons (Fsp3) is 0.261. The van der Waals surface area contributed by atoms with Crippen molar-refractivity contribution in [3.05, 3.63) is 84.1 Å². The lowest BCUT2D eigenvalue weighted by atomic mass is 9.86. The van der Waals surface area contributed by atoms with Crippen LogP contribution in [0, 0.1) is 5.92 Å². The fourth-order valence-electron chi connectivity index (χ4n) is 3.28. The van der Waals surface area contributed by atoms with Gasteiger partial charge in [0.15, 0.2) is 0 Å². The number of hydrogen-bond acceptors (Lipinski definition) is 7. The normalized spacial score (nSPS) is 22.4. The quantitative estimate of drug-likeness (QED) is 0.295. The van der Waals surface area contributed by atoms with Gasteiger partial charge in [0.1, 0.15) is 32.4 Å². The van der Waals surface area contributed by atoms with E-state index in [2.05, 4.69) is 6.58 Å². The van der Waals surface area contributed by atoms with Crippen molar-refractivity contribution in [2.75, 3.05) is 6.61 Å². The highest BCUT2D eigenvalue weighted by atomic mass is 16.6. The molecule has 0 unspecified atom stereocenters. The second kappa shape index (κ2) is 10.1. The van der Waals surface area contributed by atoms with Gasteiger partial charge in [-0.05, 0) is 24.3 Å². The second-order valence-corrected chi connectivity index (χ2v) is 6.93. The zero-order chi connectivity index (χ0) is 22.4. The van der Waals surface area contributed by atoms with Gasteiger partial charge in [0, 0.05) is 6.92 Å². The van der Waals surface area contributed by atoms with Crippen LogP contribution in [0.4, 0.5) is 0 Å². The third kappa shape index (κ3) is 5.61. The lowest BCUT2D eigenvalue weighted by Crippen LogP contribution is -2.36. The molecule has 0 spiro atoms. The van der Waals surface area contributed by atoms with Crippen LogP contribution >= 0.6 is 0 Å². The van der Waals surface area contributed by atoms with Crippen LogP contribution in [-0.4, -0.2) is 50.6 Å². The van der Waals surface area contributed by atoms with Gasteiger partial charge >= 0.3 is 17.9 Å². The van der Waals surface area contributed by atoms with E-state index < -0.39 is 42.0 Å². The molecule has 0 bridgehead atoms. The molecule has 0 amide bonds. The average molecular weight is 420 g/mol. The van der Waals surface area contributed by atoms with E-state index in [-0.39, 0.29) is 12.4 Å². The van der Waals surface area contributed by atoms with Crippen molar-refractivity contribution in [1.82, 2.24) is 0 Å². The minimum atomic E-state index is -1.01. The zero-order valence-electron chi connectivity index (χ0n) is 16.9. The first-order chi connectivity index (χ1) is 14.9. The molecule has 31 heavy (non-hydrogen) atoms. The smallest absolute Gasteiger partial charge is 0.343 e. The van der Waals surface area contributed by atoms with E-state index in [1.165, 1.54) is 6.92 Å². The minimum Gasteiger partial charge on any atom is -0.460 e. The Balaban J connectivity index is 1.73. The molecule has 1 saturated heterocycles. The SMILES string of the molecule is [B][C@@H]1O[C@H](COC(=O)c2ccccc2)[C@@H](C(=C)OC(=O)c2ccccc2)[C@H]1OC(C)=O. The fourth-order valence-corrected chi connectivity index (χ4v) is 3.28. The van der Waals surface area contributed by atoms with Crippen molar-refractivity contribution in [3.8, 4) is 0 Å². The second-order valence-electron chi connectivity index (χ2n) is 6.93. The summed E-state index contributed by atoms with van der Waals surface area (Å²) in [5, 5.41) is 0. The van der Waals surface area contributed by atoms with E-state index in [0.29, 0.717) is 11.1 Å². The van der Waals surface area contributed by atoms with E-state index in [1.807, 2.05) is 0 Å². The molecular weight excluding hydrogens is 399 g/mol. The Morgan fingerprint density at radius 2 is 1.52 bits per heavy atom. The van der Waals surface area contributed by atoms with Gasteiger partial charge in [-0.1, -0.05) is 43.0 Å². The van der Waals surface area contributed by atoms with Crippen LogP contribution in [0.5, 0.6) is 0 Å². The van der Waals surface area contributed by atoms with Gasteiger partial charge in [-0.2, -0.15) is 0 Å². The minimum absolute atomic E-state index is 0.00573. The lowest BCUT2D eigenvalue weighted by molar-refractivity contribution is -0.148. The number of rotatable bonds is 7. The highest BCUT2D eigenvalue weighted by Gasteiger charge is 2.47. The summed E-state index contributed by atoms with van der Waals surface area (Å²) < 4.78 is 21.7. The van der Waals surface area contributed by atoms with Crippen LogP contribution in [0.3, 0.4) is 0 Å². The predicted molar refractivity (Wildman–Crippen MR) is 111 cm³/mol. The lowest BCUT2D eigenvalue weighted by Gasteiger charge is -2.24. The third-order valence-electron chi connectivity index (χ3n) is 4.71. The summed E-state index contributed by atoms with van der Waals surface area (Å²) in [6.07, 6.45) is -1.79. The van der Waals surface area contributed by atoms with Crippen LogP contribution in [0.15, 0.2) is 73.0 Å². The van der Waals surface area contributed by atoms with Crippen LogP contribution in [0.1, 0.15) is 27.6 Å². The molecule has 2 aromatic rings. The molecular formula is C23H21BO7. The van der Waals surface area contributed by atoms with Gasteiger partial charge in [0.2, 0.25) is 0 Å². The topological polar surface area (TPSA) is 88.1 Å². The molecule has 1 heterocycles. The number of esters is 3. The van der Waals surface area contributed by atoms with Crippen LogP contribution in [0.25, 0.3) is 0 Å². The summed E-state index contributed by atoms with van der Waals surface area (Å²) in [6.45, 7) is 4.84. The maximum atomic E-state index is 12.4. The Morgan fingerprint density at radius 3 is 2.06 bits per heavy atom. The average Bonchev–Trinajstić information content (AvgIpc) is 3.07. The predicted octanol–water partition coefficient (Wildman–Crippen LogP) is 2.66. The van der Waals surface area contributed by atoms with Gasteiger partial charge in [-0.15, -0.1) is 0 Å². The van der Waals surface area contributed by atoms with Crippen molar-refractivity contribution in [2.45, 2.75) is 25.1 Å². The molecule has 7 nitrogen and oxygen atoms in total. The Kier molecular flexibility index (Phi) is 7.25. The van der Waals surface area contributed by atoms with Gasteiger partial charge in [-0.25, -0.2) is 9.59 Å². The molecule has 2 radical (unpaired) electrons. The van der Waals surface area contributed by atoms with Gasteiger partial charge in [0.05, 0.1) is 23.0 Å². The first kappa shape index (κ1) is 22.3. The molecule has 3 rings (SSSR count). The van der Waals surface area contributed by atoms with Gasteiger partial charge in [-0.3, -0.25) is 4.79 Å². The number of benzene rings is 2. The molecule has 0 aromatic heterocycles. The molecule has 158 valence electrons.